The summed E-state index contributed by atoms with van der Waals surface area (Å²) in [5.74, 6) is 0.710. The number of hydrogen-bond acceptors (Lipinski definition) is 5. The molecule has 1 aliphatic heterocycles. The molecule has 0 unspecified atom stereocenters. The van der Waals surface area contributed by atoms with Crippen molar-refractivity contribution < 1.29 is 9.53 Å². The highest BCUT2D eigenvalue weighted by Gasteiger charge is 2.25. The van der Waals surface area contributed by atoms with Crippen molar-refractivity contribution >= 4 is 17.2 Å². The van der Waals surface area contributed by atoms with E-state index >= 15 is 0 Å². The molecule has 6 heteroatoms. The highest BCUT2D eigenvalue weighted by molar-refractivity contribution is 7.13. The van der Waals surface area contributed by atoms with E-state index in [2.05, 4.69) is 39.5 Å². The van der Waals surface area contributed by atoms with Gasteiger partial charge in [-0.05, 0) is 36.2 Å². The molecular weight excluding hydrogens is 370 g/mol. The maximum absolute atomic E-state index is 12.6. The zero-order valence-electron chi connectivity index (χ0n) is 15.8. The first-order valence-electron chi connectivity index (χ1n) is 9.38. The number of likely N-dealkylation sites (tertiary alicyclic amines) is 1. The molecule has 3 aromatic rings. The minimum atomic E-state index is -0.0948. The van der Waals surface area contributed by atoms with Gasteiger partial charge in [0.1, 0.15) is 16.5 Å². The molecule has 0 saturated carbocycles. The van der Waals surface area contributed by atoms with Gasteiger partial charge >= 0.3 is 0 Å². The number of hydrogen-bond donors (Lipinski definition) is 1. The SMILES string of the molecule is COc1ccc(-c2nc(C(=O)N[C@@H]3CCN(Cc4ccccc4)C3)cs2)cc1. The molecule has 5 nitrogen and oxygen atoms in total. The average molecular weight is 394 g/mol. The highest BCUT2D eigenvalue weighted by atomic mass is 32.1. The van der Waals surface area contributed by atoms with E-state index in [1.807, 2.05) is 35.7 Å². The van der Waals surface area contributed by atoms with Crippen LogP contribution in [0, 0.1) is 0 Å². The van der Waals surface area contributed by atoms with E-state index in [0.29, 0.717) is 5.69 Å². The number of benzene rings is 2. The molecule has 1 fully saturated rings. The van der Waals surface area contributed by atoms with Crippen molar-refractivity contribution in [3.05, 3.63) is 71.2 Å². The summed E-state index contributed by atoms with van der Waals surface area (Å²) in [6, 6.07) is 18.3. The lowest BCUT2D eigenvalue weighted by Crippen LogP contribution is -2.37. The van der Waals surface area contributed by atoms with Crippen molar-refractivity contribution in [1.82, 2.24) is 15.2 Å². The Hall–Kier alpha value is -2.70. The van der Waals surface area contributed by atoms with Gasteiger partial charge in [0.05, 0.1) is 7.11 Å². The molecule has 4 rings (SSSR count). The third-order valence-corrected chi connectivity index (χ3v) is 5.82. The lowest BCUT2D eigenvalue weighted by Gasteiger charge is -2.16. The molecular formula is C22H23N3O2S. The third kappa shape index (κ3) is 4.40. The van der Waals surface area contributed by atoms with Crippen LogP contribution in [-0.2, 0) is 6.54 Å². The van der Waals surface area contributed by atoms with Crippen molar-refractivity contribution in [3.8, 4) is 16.3 Å². The second kappa shape index (κ2) is 8.54. The van der Waals surface area contributed by atoms with Crippen LogP contribution in [0.15, 0.2) is 60.0 Å². The first-order valence-corrected chi connectivity index (χ1v) is 10.3. The minimum Gasteiger partial charge on any atom is -0.497 e. The number of amides is 1. The van der Waals surface area contributed by atoms with E-state index in [-0.39, 0.29) is 11.9 Å². The number of ether oxygens (including phenoxy) is 1. The summed E-state index contributed by atoms with van der Waals surface area (Å²) in [5.41, 5.74) is 2.77. The third-order valence-electron chi connectivity index (χ3n) is 4.93. The summed E-state index contributed by atoms with van der Waals surface area (Å²) in [4.78, 5) is 19.5. The van der Waals surface area contributed by atoms with Gasteiger partial charge < -0.3 is 10.1 Å². The molecule has 0 spiro atoms. The smallest absolute Gasteiger partial charge is 0.271 e. The van der Waals surface area contributed by atoms with E-state index in [1.54, 1.807) is 7.11 Å². The van der Waals surface area contributed by atoms with Crippen LogP contribution in [0.2, 0.25) is 0 Å². The van der Waals surface area contributed by atoms with Gasteiger partial charge in [0.2, 0.25) is 0 Å². The van der Waals surface area contributed by atoms with Crippen molar-refractivity contribution in [2.24, 2.45) is 0 Å². The molecule has 28 heavy (non-hydrogen) atoms. The van der Waals surface area contributed by atoms with Crippen LogP contribution < -0.4 is 10.1 Å². The Morgan fingerprint density at radius 3 is 2.75 bits per heavy atom. The number of rotatable bonds is 6. The molecule has 1 atom stereocenters. The lowest BCUT2D eigenvalue weighted by molar-refractivity contribution is 0.0933. The maximum atomic E-state index is 12.6. The van der Waals surface area contributed by atoms with E-state index in [1.165, 1.54) is 16.9 Å². The zero-order valence-corrected chi connectivity index (χ0v) is 16.6. The molecule has 144 valence electrons. The average Bonchev–Trinajstić information content (AvgIpc) is 3.39. The Kier molecular flexibility index (Phi) is 5.69. The van der Waals surface area contributed by atoms with Crippen molar-refractivity contribution in [1.29, 1.82) is 0 Å². The largest absolute Gasteiger partial charge is 0.497 e. The molecule has 1 aliphatic rings. The molecule has 2 aromatic carbocycles. The second-order valence-corrected chi connectivity index (χ2v) is 7.80. The summed E-state index contributed by atoms with van der Waals surface area (Å²) in [6.07, 6.45) is 0.966. The van der Waals surface area contributed by atoms with Crippen molar-refractivity contribution in [3.63, 3.8) is 0 Å². The standard InChI is InChI=1S/C22H23N3O2S/c1-27-19-9-7-17(8-10-19)22-24-20(15-28-22)21(26)23-18-11-12-25(14-18)13-16-5-3-2-4-6-16/h2-10,15,18H,11-14H2,1H3,(H,23,26)/t18-/m1/s1. The van der Waals surface area contributed by atoms with Gasteiger partial charge in [-0.1, -0.05) is 30.3 Å². The molecule has 2 heterocycles. The normalized spacial score (nSPS) is 16.8. The monoisotopic (exact) mass is 393 g/mol. The van der Waals surface area contributed by atoms with Crippen molar-refractivity contribution in [2.75, 3.05) is 20.2 Å². The second-order valence-electron chi connectivity index (χ2n) is 6.95. The highest BCUT2D eigenvalue weighted by Crippen LogP contribution is 2.26. The Balaban J connectivity index is 1.33. The number of thiazole rings is 1. The molecule has 0 bridgehead atoms. The van der Waals surface area contributed by atoms with Crippen LogP contribution in [0.3, 0.4) is 0 Å². The van der Waals surface area contributed by atoms with Gasteiger partial charge in [0, 0.05) is 36.6 Å². The van der Waals surface area contributed by atoms with Gasteiger partial charge in [-0.3, -0.25) is 9.69 Å². The van der Waals surface area contributed by atoms with Crippen LogP contribution >= 0.6 is 11.3 Å². The fraction of sp³-hybridized carbons (Fsp3) is 0.273. The van der Waals surface area contributed by atoms with E-state index in [0.717, 1.165) is 42.4 Å². The summed E-state index contributed by atoms with van der Waals surface area (Å²) >= 11 is 1.48. The number of nitrogens with zero attached hydrogens (tertiary/aromatic N) is 2. The predicted molar refractivity (Wildman–Crippen MR) is 112 cm³/mol. The summed E-state index contributed by atoms with van der Waals surface area (Å²) in [6.45, 7) is 2.79. The van der Waals surface area contributed by atoms with Crippen LogP contribution in [-0.4, -0.2) is 42.0 Å². The summed E-state index contributed by atoms with van der Waals surface area (Å²) in [7, 11) is 1.64. The lowest BCUT2D eigenvalue weighted by atomic mass is 10.2. The molecule has 1 aromatic heterocycles. The van der Waals surface area contributed by atoms with E-state index in [4.69, 9.17) is 4.74 Å². The fourth-order valence-corrected chi connectivity index (χ4v) is 4.25. The van der Waals surface area contributed by atoms with Crippen LogP contribution in [0.4, 0.5) is 0 Å². The molecule has 1 saturated heterocycles. The van der Waals surface area contributed by atoms with E-state index < -0.39 is 0 Å². The van der Waals surface area contributed by atoms with Gasteiger partial charge in [-0.2, -0.15) is 0 Å². The van der Waals surface area contributed by atoms with Crippen LogP contribution in [0.25, 0.3) is 10.6 Å². The minimum absolute atomic E-state index is 0.0948. The zero-order chi connectivity index (χ0) is 19.3. The number of methoxy groups -OCH3 is 1. The Morgan fingerprint density at radius 1 is 1.21 bits per heavy atom. The topological polar surface area (TPSA) is 54.5 Å². The van der Waals surface area contributed by atoms with Gasteiger partial charge in [0.25, 0.3) is 5.91 Å². The molecule has 0 aliphatic carbocycles. The van der Waals surface area contributed by atoms with Crippen LogP contribution in [0.5, 0.6) is 5.75 Å². The fourth-order valence-electron chi connectivity index (χ4n) is 3.44. The van der Waals surface area contributed by atoms with Crippen molar-refractivity contribution in [2.45, 2.75) is 19.0 Å². The summed E-state index contributed by atoms with van der Waals surface area (Å²) in [5, 5.41) is 5.80. The Bertz CT molecular complexity index is 924. The Morgan fingerprint density at radius 2 is 2.00 bits per heavy atom. The number of carbonyl (C=O) groups is 1. The molecule has 1 amide bonds. The van der Waals surface area contributed by atoms with Gasteiger partial charge in [-0.15, -0.1) is 11.3 Å². The van der Waals surface area contributed by atoms with Gasteiger partial charge in [0.15, 0.2) is 0 Å². The van der Waals surface area contributed by atoms with Gasteiger partial charge in [-0.25, -0.2) is 4.98 Å². The summed E-state index contributed by atoms with van der Waals surface area (Å²) < 4.78 is 5.18. The first-order chi connectivity index (χ1) is 13.7. The number of aromatic nitrogens is 1. The Labute approximate surface area is 169 Å². The number of carbonyl (C=O) groups excluding carboxylic acids is 1. The molecule has 1 N–H and O–H groups in total. The molecule has 0 radical (unpaired) electrons. The quantitative estimate of drug-likeness (QED) is 0.692. The van der Waals surface area contributed by atoms with E-state index in [9.17, 15) is 4.79 Å². The maximum Gasteiger partial charge on any atom is 0.271 e. The first kappa shape index (κ1) is 18.7. The van der Waals surface area contributed by atoms with Crippen LogP contribution in [0.1, 0.15) is 22.5 Å². The number of nitrogens with one attached hydrogen (secondary N) is 1. The predicted octanol–water partition coefficient (Wildman–Crippen LogP) is 3.82.